The van der Waals surface area contributed by atoms with Crippen LogP contribution in [-0.4, -0.2) is 92.9 Å². The lowest BCUT2D eigenvalue weighted by atomic mass is 9.73. The molecule has 3 aliphatic heterocycles. The van der Waals surface area contributed by atoms with Crippen molar-refractivity contribution in [2.45, 2.75) is 25.0 Å². The molecule has 3 aromatic carbocycles. The number of carboxylic acid groups (broad SMARTS) is 2. The highest BCUT2D eigenvalue weighted by Crippen LogP contribution is 2.53. The van der Waals surface area contributed by atoms with Crippen molar-refractivity contribution in [3.63, 3.8) is 0 Å². The first-order valence-electron chi connectivity index (χ1n) is 17.0. The van der Waals surface area contributed by atoms with Gasteiger partial charge in [-0.05, 0) is 61.1 Å². The zero-order chi connectivity index (χ0) is 44.5. The molecule has 60 heavy (non-hydrogen) atoms. The number of aromatic nitrogens is 1. The van der Waals surface area contributed by atoms with Gasteiger partial charge in [-0.15, -0.1) is 6.58 Å². The molecule has 3 aliphatic rings. The molecule has 1 aromatic heterocycles. The summed E-state index contributed by atoms with van der Waals surface area (Å²) in [7, 11) is 1.66. The van der Waals surface area contributed by atoms with Crippen molar-refractivity contribution in [3.05, 3.63) is 133 Å². The van der Waals surface area contributed by atoms with E-state index in [1.54, 1.807) is 13.3 Å². The first-order chi connectivity index (χ1) is 28.2. The number of nitrogens with zero attached hydrogens (tertiary/aromatic N) is 8. The first kappa shape index (κ1) is 43.0. The summed E-state index contributed by atoms with van der Waals surface area (Å²) in [5, 5.41) is 100. The number of carboxylic acids is 2. The summed E-state index contributed by atoms with van der Waals surface area (Å²) >= 11 is 0. The fourth-order valence-electron chi connectivity index (χ4n) is 7.58. The number of nitro benzene ring substituents is 6. The molecule has 312 valence electrons. The molecule has 5 atom stereocenters. The van der Waals surface area contributed by atoms with E-state index in [1.165, 1.54) is 6.42 Å². The van der Waals surface area contributed by atoms with Crippen LogP contribution >= 0.6 is 0 Å². The van der Waals surface area contributed by atoms with Crippen molar-refractivity contribution in [2.24, 2.45) is 11.8 Å². The van der Waals surface area contributed by atoms with Crippen LogP contribution in [0.2, 0.25) is 0 Å². The molecule has 7 rings (SSSR count). The summed E-state index contributed by atoms with van der Waals surface area (Å²) in [6, 6.07) is 7.54. The van der Waals surface area contributed by atoms with Gasteiger partial charge in [0.25, 0.3) is 22.7 Å². The Balaban J connectivity index is 0.000000244. The van der Waals surface area contributed by atoms with E-state index in [9.17, 15) is 85.6 Å². The van der Waals surface area contributed by atoms with Crippen molar-refractivity contribution in [3.8, 4) is 16.9 Å². The molecule has 0 amide bonds. The number of aromatic carboxylic acids is 2. The third-order valence-corrected chi connectivity index (χ3v) is 10.2. The Labute approximate surface area is 332 Å². The minimum absolute atomic E-state index is 0.178. The number of rotatable bonds is 13. The Morgan fingerprint density at radius 3 is 1.68 bits per heavy atom. The van der Waals surface area contributed by atoms with Crippen LogP contribution in [-0.2, 0) is 0 Å². The molecule has 4 aromatic rings. The molecule has 4 heterocycles. The molecule has 0 radical (unpaired) electrons. The highest BCUT2D eigenvalue weighted by atomic mass is 16.7. The molecule has 3 fully saturated rings. The van der Waals surface area contributed by atoms with Gasteiger partial charge < -0.3 is 20.1 Å². The maximum Gasteiger partial charge on any atom is 0.349 e. The largest absolute Gasteiger partial charge is 0.497 e. The second kappa shape index (κ2) is 16.8. The van der Waals surface area contributed by atoms with Crippen LogP contribution in [0, 0.1) is 72.5 Å². The number of fused-ring (bicyclic) bond motifs is 4. The van der Waals surface area contributed by atoms with Gasteiger partial charge in [0.05, 0.1) is 60.4 Å². The van der Waals surface area contributed by atoms with Crippen LogP contribution < -0.4 is 4.74 Å². The van der Waals surface area contributed by atoms with Crippen LogP contribution in [0.3, 0.4) is 0 Å². The number of nitro groups is 6. The first-order valence-corrected chi connectivity index (χ1v) is 17.0. The minimum Gasteiger partial charge on any atom is -0.497 e. The van der Waals surface area contributed by atoms with Gasteiger partial charge in [0.1, 0.15) is 5.75 Å². The fraction of sp³-hybridized carbons (Fsp3) is 0.265. The van der Waals surface area contributed by atoms with E-state index in [0.29, 0.717) is 11.8 Å². The molecule has 3 saturated heterocycles. The van der Waals surface area contributed by atoms with Crippen LogP contribution in [0.1, 0.15) is 45.2 Å². The lowest BCUT2D eigenvalue weighted by Crippen LogP contribution is -2.54. The summed E-state index contributed by atoms with van der Waals surface area (Å²) in [4.78, 5) is 89.3. The molecule has 0 aliphatic carbocycles. The van der Waals surface area contributed by atoms with E-state index < -0.39 is 104 Å². The van der Waals surface area contributed by atoms with Gasteiger partial charge in [0, 0.05) is 24.2 Å². The van der Waals surface area contributed by atoms with E-state index in [-0.39, 0.29) is 18.2 Å². The minimum atomic E-state index is -2.48. The van der Waals surface area contributed by atoms with E-state index >= 15 is 0 Å². The monoisotopic (exact) mass is 836 g/mol. The molecule has 5 unspecified atom stereocenters. The summed E-state index contributed by atoms with van der Waals surface area (Å²) in [5.41, 5.74) is -17.2. The maximum absolute atomic E-state index is 11.8. The third kappa shape index (κ3) is 7.76. The van der Waals surface area contributed by atoms with Gasteiger partial charge in [-0.3, -0.25) is 70.6 Å². The van der Waals surface area contributed by atoms with Crippen molar-refractivity contribution >= 4 is 57.0 Å². The molecule has 2 bridgehead atoms. The van der Waals surface area contributed by atoms with Crippen molar-refractivity contribution in [2.75, 3.05) is 20.2 Å². The van der Waals surface area contributed by atoms with Crippen LogP contribution in [0.25, 0.3) is 22.0 Å². The second-order valence-electron chi connectivity index (χ2n) is 13.2. The van der Waals surface area contributed by atoms with E-state index in [1.807, 2.05) is 24.3 Å². The Hall–Kier alpha value is -8.13. The van der Waals surface area contributed by atoms with Gasteiger partial charge in [0.2, 0.25) is 11.1 Å². The molecule has 26 heteroatoms. The topological polar surface area (TPSA) is 379 Å². The van der Waals surface area contributed by atoms with Gasteiger partial charge in [0.15, 0.2) is 11.1 Å². The van der Waals surface area contributed by atoms with Crippen molar-refractivity contribution < 1.29 is 59.2 Å². The number of methoxy groups -OCH3 is 1. The van der Waals surface area contributed by atoms with Crippen LogP contribution in [0.5, 0.6) is 5.75 Å². The van der Waals surface area contributed by atoms with Gasteiger partial charge in [-0.1, -0.05) is 6.08 Å². The number of carbonyl (C=O) groups is 2. The number of aliphatic hydroxyl groups excluding tert-OH is 1. The highest BCUT2D eigenvalue weighted by molar-refractivity contribution is 6.09. The predicted octanol–water partition coefficient (Wildman–Crippen LogP) is 5.37. The summed E-state index contributed by atoms with van der Waals surface area (Å²) in [5.74, 6) is -2.95. The summed E-state index contributed by atoms with van der Waals surface area (Å²) < 4.78 is 5.35. The average Bonchev–Trinajstić information content (AvgIpc) is 3.21. The molecular weight excluding hydrogens is 808 g/mol. The lowest BCUT2D eigenvalue weighted by molar-refractivity contribution is -0.405. The Morgan fingerprint density at radius 1 is 0.800 bits per heavy atom. The molecule has 3 N–H and O–H groups in total. The van der Waals surface area contributed by atoms with E-state index in [0.717, 1.165) is 41.7 Å². The zero-order valence-electron chi connectivity index (χ0n) is 30.5. The van der Waals surface area contributed by atoms with Gasteiger partial charge in [-0.2, -0.15) is 0 Å². The third-order valence-electron chi connectivity index (χ3n) is 10.2. The van der Waals surface area contributed by atoms with Crippen LogP contribution in [0.15, 0.2) is 55.3 Å². The number of benzene rings is 3. The molecule has 26 nitrogen and oxygen atoms in total. The number of piperidine rings is 3. The number of hydrogen-bond donors (Lipinski definition) is 3. The summed E-state index contributed by atoms with van der Waals surface area (Å²) in [6.45, 7) is 6.07. The lowest BCUT2D eigenvalue weighted by Gasteiger charge is -2.50. The van der Waals surface area contributed by atoms with Crippen LogP contribution in [0.4, 0.5) is 34.1 Å². The quantitative estimate of drug-likeness (QED) is 0.0864. The summed E-state index contributed by atoms with van der Waals surface area (Å²) in [6.07, 6.45) is 5.62. The number of ether oxygens (including phenoxy) is 1. The number of pyridine rings is 1. The van der Waals surface area contributed by atoms with Gasteiger partial charge >= 0.3 is 23.3 Å². The van der Waals surface area contributed by atoms with E-state index in [4.69, 9.17) is 4.74 Å². The maximum atomic E-state index is 11.8. The van der Waals surface area contributed by atoms with E-state index in [2.05, 4.69) is 22.5 Å². The predicted molar refractivity (Wildman–Crippen MR) is 201 cm³/mol. The fourth-order valence-corrected chi connectivity index (χ4v) is 7.58. The average molecular weight is 837 g/mol. The normalized spacial score (nSPS) is 18.3. The number of hydrogen-bond acceptors (Lipinski definition) is 18. The Kier molecular flexibility index (Phi) is 12.0. The zero-order valence-corrected chi connectivity index (χ0v) is 30.5. The Bertz CT molecular complexity index is 2450. The number of aliphatic hydroxyl groups is 1. The van der Waals surface area contributed by atoms with Gasteiger partial charge in [-0.25, -0.2) is 9.59 Å². The molecular formula is C34H28N8O18. The standard InChI is InChI=1S/C20H24N2O2.C14H4N6O16/c1-3-13-12-22-9-7-14(13)10-19(22)20(23)16-6-8-21-18-5-4-15(24-2)11-17(16)18;21-13(22)9-5(17(29)30)1-3(15(25)26)7(11(9)19(33)34)8-4(16(27)28)2-6(18(31)32)10(14(23)24)12(8)20(35)36/h3-6,8,11,13-14,19-20,23H,1,7,9-10,12H2,2H3;1-2H,(H,21,22)(H,23,24). The second-order valence-corrected chi connectivity index (χ2v) is 13.2. The molecule has 0 saturated carbocycles. The smallest absolute Gasteiger partial charge is 0.349 e. The molecule has 0 spiro atoms. The van der Waals surface area contributed by atoms with Crippen molar-refractivity contribution in [1.29, 1.82) is 0 Å². The van der Waals surface area contributed by atoms with Crippen molar-refractivity contribution in [1.82, 2.24) is 9.88 Å². The SMILES string of the molecule is C=CC1CN2CCC1CC2C(O)c1ccnc2ccc(OC)cc12.O=C(O)c1c([N+](=O)[O-])cc([N+](=O)[O-])c(-c2c([N+](=O)[O-])cc([N+](=O)[O-])c(C(=O)O)c2[N+](=O)[O-])c1[N+](=O)[O-]. The highest BCUT2D eigenvalue weighted by Gasteiger charge is 2.49. The Morgan fingerprint density at radius 2 is 1.30 bits per heavy atom.